The minimum Gasteiger partial charge on any atom is -0.292 e. The molecule has 0 amide bonds. The highest BCUT2D eigenvalue weighted by molar-refractivity contribution is 9.10. The zero-order valence-corrected chi connectivity index (χ0v) is 13.6. The van der Waals surface area contributed by atoms with Gasteiger partial charge in [-0.1, -0.05) is 66.2 Å². The molecule has 21 heavy (non-hydrogen) atoms. The minimum atomic E-state index is -0.763. The Kier molecular flexibility index (Phi) is 4.93. The number of nitrogens with zero attached hydrogens (tertiary/aromatic N) is 1. The summed E-state index contributed by atoms with van der Waals surface area (Å²) in [5.41, 5.74) is 2.49. The first-order valence-corrected chi connectivity index (χ1v) is 7.61. The Bertz CT molecular complexity index is 683. The van der Waals surface area contributed by atoms with Gasteiger partial charge in [0.2, 0.25) is 0 Å². The molecule has 0 N–H and O–H groups in total. The number of carbonyl (C=O) groups is 1. The molecule has 0 heterocycles. The molecule has 0 saturated carbocycles. The quantitative estimate of drug-likeness (QED) is 0.729. The molecule has 0 bridgehead atoms. The molecular weight excluding hydrogens is 326 g/mol. The first-order valence-electron chi connectivity index (χ1n) is 6.82. The van der Waals surface area contributed by atoms with E-state index in [1.54, 1.807) is 18.2 Å². The molecule has 0 aliphatic heterocycles. The number of carbonyl (C=O) groups excluding carboxylic acids is 1. The third-order valence-electron chi connectivity index (χ3n) is 3.44. The number of hydrogen-bond donors (Lipinski definition) is 0. The summed E-state index contributed by atoms with van der Waals surface area (Å²) in [4.78, 5) is 12.5. The van der Waals surface area contributed by atoms with E-state index in [0.29, 0.717) is 11.5 Å². The van der Waals surface area contributed by atoms with E-state index in [0.717, 1.165) is 10.0 Å². The lowest BCUT2D eigenvalue weighted by Gasteiger charge is -2.11. The van der Waals surface area contributed by atoms with Crippen molar-refractivity contribution in [3.8, 4) is 6.07 Å². The number of halogens is 1. The Balaban J connectivity index is 2.31. The van der Waals surface area contributed by atoms with E-state index in [4.69, 9.17) is 0 Å². The molecular formula is C18H16BrNO. The zero-order chi connectivity index (χ0) is 15.4. The normalized spacial score (nSPS) is 12.0. The second kappa shape index (κ2) is 6.69. The van der Waals surface area contributed by atoms with Gasteiger partial charge in [0.25, 0.3) is 0 Å². The Labute approximate surface area is 133 Å². The van der Waals surface area contributed by atoms with E-state index in [1.807, 2.05) is 30.3 Å². The first kappa shape index (κ1) is 15.5. The third-order valence-corrected chi connectivity index (χ3v) is 3.93. The first-order chi connectivity index (χ1) is 10.0. The fourth-order valence-electron chi connectivity index (χ4n) is 2.17. The molecule has 2 rings (SSSR count). The van der Waals surface area contributed by atoms with Crippen LogP contribution in [-0.4, -0.2) is 5.78 Å². The molecule has 0 fully saturated rings. The van der Waals surface area contributed by atoms with Gasteiger partial charge in [0.15, 0.2) is 5.78 Å². The largest absolute Gasteiger partial charge is 0.292 e. The number of benzene rings is 2. The third kappa shape index (κ3) is 3.59. The van der Waals surface area contributed by atoms with E-state index in [9.17, 15) is 10.1 Å². The van der Waals surface area contributed by atoms with Crippen LogP contribution in [0.2, 0.25) is 0 Å². The molecule has 0 aromatic heterocycles. The molecule has 0 aliphatic carbocycles. The van der Waals surface area contributed by atoms with Gasteiger partial charge in [0, 0.05) is 10.0 Å². The van der Waals surface area contributed by atoms with Gasteiger partial charge in [0.05, 0.1) is 6.07 Å². The summed E-state index contributed by atoms with van der Waals surface area (Å²) in [5, 5.41) is 9.38. The van der Waals surface area contributed by atoms with Crippen molar-refractivity contribution >= 4 is 21.7 Å². The number of ketones is 1. The molecule has 2 nitrogen and oxygen atoms in total. The van der Waals surface area contributed by atoms with Crippen molar-refractivity contribution in [1.29, 1.82) is 5.26 Å². The number of nitriles is 1. The van der Waals surface area contributed by atoms with Crippen LogP contribution in [0.25, 0.3) is 0 Å². The Hall–Kier alpha value is -1.92. The van der Waals surface area contributed by atoms with Crippen molar-refractivity contribution in [3.05, 3.63) is 69.7 Å². The maximum Gasteiger partial charge on any atom is 0.184 e. The maximum absolute atomic E-state index is 12.5. The van der Waals surface area contributed by atoms with Crippen molar-refractivity contribution in [1.82, 2.24) is 0 Å². The van der Waals surface area contributed by atoms with Crippen molar-refractivity contribution in [3.63, 3.8) is 0 Å². The fourth-order valence-corrected chi connectivity index (χ4v) is 2.57. The second-order valence-electron chi connectivity index (χ2n) is 5.26. The van der Waals surface area contributed by atoms with Gasteiger partial charge in [-0.3, -0.25) is 4.79 Å². The zero-order valence-electron chi connectivity index (χ0n) is 12.0. The summed E-state index contributed by atoms with van der Waals surface area (Å²) < 4.78 is 0.834. The van der Waals surface area contributed by atoms with Gasteiger partial charge >= 0.3 is 0 Å². The molecule has 106 valence electrons. The van der Waals surface area contributed by atoms with Crippen LogP contribution in [0.15, 0.2) is 53.0 Å². The van der Waals surface area contributed by atoms with Gasteiger partial charge in [-0.15, -0.1) is 0 Å². The molecule has 0 saturated heterocycles. The highest BCUT2D eigenvalue weighted by Gasteiger charge is 2.21. The summed E-state index contributed by atoms with van der Waals surface area (Å²) in [6.07, 6.45) is 0. The smallest absolute Gasteiger partial charge is 0.184 e. The van der Waals surface area contributed by atoms with E-state index in [2.05, 4.69) is 35.8 Å². The summed E-state index contributed by atoms with van der Waals surface area (Å²) in [6, 6.07) is 17.0. The van der Waals surface area contributed by atoms with E-state index in [-0.39, 0.29) is 5.78 Å². The number of rotatable bonds is 4. The van der Waals surface area contributed by atoms with Crippen LogP contribution in [0.5, 0.6) is 0 Å². The lowest BCUT2D eigenvalue weighted by molar-refractivity contribution is 0.0979. The Morgan fingerprint density at radius 1 is 1.10 bits per heavy atom. The maximum atomic E-state index is 12.5. The van der Waals surface area contributed by atoms with Gasteiger partial charge < -0.3 is 0 Å². The van der Waals surface area contributed by atoms with Crippen LogP contribution in [0.3, 0.4) is 0 Å². The second-order valence-corrected chi connectivity index (χ2v) is 6.17. The van der Waals surface area contributed by atoms with E-state index < -0.39 is 5.92 Å². The molecule has 2 aromatic rings. The average Bonchev–Trinajstić information content (AvgIpc) is 2.48. The van der Waals surface area contributed by atoms with Crippen LogP contribution < -0.4 is 0 Å². The van der Waals surface area contributed by atoms with Crippen molar-refractivity contribution in [2.75, 3.05) is 0 Å². The highest BCUT2D eigenvalue weighted by atomic mass is 79.9. The lowest BCUT2D eigenvalue weighted by Crippen LogP contribution is -2.11. The predicted octanol–water partition coefficient (Wildman–Crippen LogP) is 5.06. The van der Waals surface area contributed by atoms with Crippen molar-refractivity contribution in [2.45, 2.75) is 25.7 Å². The molecule has 2 aromatic carbocycles. The summed E-state index contributed by atoms with van der Waals surface area (Å²) in [6.45, 7) is 4.23. The molecule has 1 unspecified atom stereocenters. The van der Waals surface area contributed by atoms with Crippen LogP contribution in [-0.2, 0) is 0 Å². The summed E-state index contributed by atoms with van der Waals surface area (Å²) >= 11 is 3.35. The number of hydrogen-bond acceptors (Lipinski definition) is 2. The number of Topliss-reactive ketones (excluding diaryl/α,β-unsaturated/α-hetero) is 1. The van der Waals surface area contributed by atoms with Crippen LogP contribution in [0, 0.1) is 11.3 Å². The standard InChI is InChI=1S/C18H16BrNO/c1-12(2)13-6-8-14(9-7-13)17(11-20)18(21)15-4-3-5-16(19)10-15/h3-10,12,17H,1-2H3. The van der Waals surface area contributed by atoms with Crippen LogP contribution >= 0.6 is 15.9 Å². The SMILES string of the molecule is CC(C)c1ccc(C(C#N)C(=O)c2cccc(Br)c2)cc1. The topological polar surface area (TPSA) is 40.9 Å². The minimum absolute atomic E-state index is 0.170. The lowest BCUT2D eigenvalue weighted by atomic mass is 9.90. The molecule has 1 atom stereocenters. The van der Waals surface area contributed by atoms with Gasteiger partial charge in [-0.25, -0.2) is 0 Å². The molecule has 0 radical (unpaired) electrons. The molecule has 3 heteroatoms. The summed E-state index contributed by atoms with van der Waals surface area (Å²) in [5.74, 6) is -0.503. The fraction of sp³-hybridized carbons (Fsp3) is 0.222. The monoisotopic (exact) mass is 341 g/mol. The summed E-state index contributed by atoms with van der Waals surface area (Å²) in [7, 11) is 0. The van der Waals surface area contributed by atoms with E-state index >= 15 is 0 Å². The van der Waals surface area contributed by atoms with Crippen LogP contribution in [0.1, 0.15) is 47.2 Å². The van der Waals surface area contributed by atoms with E-state index in [1.165, 1.54) is 5.56 Å². The van der Waals surface area contributed by atoms with Gasteiger partial charge in [-0.2, -0.15) is 5.26 Å². The van der Waals surface area contributed by atoms with Gasteiger partial charge in [0.1, 0.15) is 5.92 Å². The average molecular weight is 342 g/mol. The molecule has 0 spiro atoms. The Morgan fingerprint density at radius 3 is 2.24 bits per heavy atom. The Morgan fingerprint density at radius 2 is 1.71 bits per heavy atom. The molecule has 0 aliphatic rings. The van der Waals surface area contributed by atoms with Crippen LogP contribution in [0.4, 0.5) is 0 Å². The van der Waals surface area contributed by atoms with Crippen molar-refractivity contribution < 1.29 is 4.79 Å². The highest BCUT2D eigenvalue weighted by Crippen LogP contribution is 2.24. The predicted molar refractivity (Wildman–Crippen MR) is 87.4 cm³/mol. The van der Waals surface area contributed by atoms with Crippen molar-refractivity contribution in [2.24, 2.45) is 0 Å². The van der Waals surface area contributed by atoms with Gasteiger partial charge in [-0.05, 0) is 29.2 Å².